The van der Waals surface area contributed by atoms with Crippen molar-refractivity contribution in [1.82, 2.24) is 10.6 Å². The molecular weight excluding hydrogens is 628 g/mol. The molecule has 0 saturated carbocycles. The van der Waals surface area contributed by atoms with Gasteiger partial charge in [0, 0.05) is 32.0 Å². The second-order valence-corrected chi connectivity index (χ2v) is 11.5. The van der Waals surface area contributed by atoms with Crippen LogP contribution in [0.2, 0.25) is 0 Å². The van der Waals surface area contributed by atoms with Gasteiger partial charge in [-0.05, 0) is 19.3 Å². The molecule has 1 atom stereocenters. The van der Waals surface area contributed by atoms with Gasteiger partial charge < -0.3 is 58.0 Å². The number of methoxy groups -OCH3 is 1. The van der Waals surface area contributed by atoms with E-state index < -0.39 is 0 Å². The lowest BCUT2D eigenvalue weighted by Gasteiger charge is -2.22. The van der Waals surface area contributed by atoms with Gasteiger partial charge in [-0.1, -0.05) is 27.7 Å². The fraction of sp³-hybridized carbons (Fsp3) is 0.941. The van der Waals surface area contributed by atoms with Crippen LogP contribution in [0.1, 0.15) is 53.4 Å². The third-order valence-corrected chi connectivity index (χ3v) is 6.57. The molecule has 0 saturated heterocycles. The van der Waals surface area contributed by atoms with Gasteiger partial charge >= 0.3 is 0 Å². The van der Waals surface area contributed by atoms with Crippen molar-refractivity contribution >= 4 is 11.7 Å². The molecule has 0 aromatic rings. The fourth-order valence-corrected chi connectivity index (χ4v) is 4.07. The molecule has 0 spiro atoms. The lowest BCUT2D eigenvalue weighted by Crippen LogP contribution is -2.42. The Hall–Kier alpha value is -1.30. The zero-order chi connectivity index (χ0) is 35.3. The third-order valence-electron chi connectivity index (χ3n) is 6.57. The summed E-state index contributed by atoms with van der Waals surface area (Å²) in [5.74, 6) is 0.227. The summed E-state index contributed by atoms with van der Waals surface area (Å²) in [5, 5.41) is 6.27. The molecule has 0 aromatic heterocycles. The molecule has 1 amide bonds. The zero-order valence-electron chi connectivity index (χ0n) is 30.6. The third kappa shape index (κ3) is 34.6. The molecule has 14 heteroatoms. The van der Waals surface area contributed by atoms with E-state index in [0.717, 1.165) is 19.3 Å². The van der Waals surface area contributed by atoms with Crippen molar-refractivity contribution in [3.05, 3.63) is 0 Å². The van der Waals surface area contributed by atoms with E-state index in [2.05, 4.69) is 10.6 Å². The van der Waals surface area contributed by atoms with Gasteiger partial charge in [0.05, 0.1) is 132 Å². The van der Waals surface area contributed by atoms with E-state index in [1.54, 1.807) is 7.11 Å². The number of unbranched alkanes of at least 4 members (excludes halogenated alkanes) is 1. The van der Waals surface area contributed by atoms with Crippen molar-refractivity contribution in [2.45, 2.75) is 65.5 Å². The maximum absolute atomic E-state index is 12.4. The molecule has 286 valence electrons. The van der Waals surface area contributed by atoms with Crippen LogP contribution in [0.5, 0.6) is 0 Å². The number of amides is 1. The summed E-state index contributed by atoms with van der Waals surface area (Å²) in [4.78, 5) is 24.4. The fourth-order valence-electron chi connectivity index (χ4n) is 4.07. The quantitative estimate of drug-likeness (QED) is 0.0904. The molecule has 2 N–H and O–H groups in total. The topological polar surface area (TPSA) is 151 Å². The standard InChI is InChI=1S/C34H68N2O12/c1-30(2)34(38)32(36-31(3)4)8-6-7-10-35-33(37)9-11-40-14-15-42-18-19-44-22-23-46-26-27-48-29-28-47-25-24-45-21-20-43-17-16-41-13-12-39-5/h30-32,36H,6-29H2,1-5H3,(H,35,37)/t32-/m1/s1. The minimum Gasteiger partial charge on any atom is -0.382 e. The highest BCUT2D eigenvalue weighted by Crippen LogP contribution is 2.08. The van der Waals surface area contributed by atoms with Gasteiger partial charge in [0.25, 0.3) is 0 Å². The van der Waals surface area contributed by atoms with Gasteiger partial charge in [0.2, 0.25) is 5.91 Å². The molecule has 48 heavy (non-hydrogen) atoms. The highest BCUT2D eigenvalue weighted by molar-refractivity contribution is 5.85. The van der Waals surface area contributed by atoms with E-state index in [9.17, 15) is 9.59 Å². The number of hydrogen-bond acceptors (Lipinski definition) is 13. The summed E-state index contributed by atoms with van der Waals surface area (Å²) in [5.41, 5.74) is 0. The summed E-state index contributed by atoms with van der Waals surface area (Å²) >= 11 is 0. The van der Waals surface area contributed by atoms with Gasteiger partial charge in [-0.15, -0.1) is 0 Å². The zero-order valence-corrected chi connectivity index (χ0v) is 30.6. The number of nitrogens with one attached hydrogen (secondary N) is 2. The minimum absolute atomic E-state index is 0.0126. The maximum Gasteiger partial charge on any atom is 0.222 e. The predicted molar refractivity (Wildman–Crippen MR) is 183 cm³/mol. The molecule has 0 aliphatic carbocycles. The van der Waals surface area contributed by atoms with E-state index in [0.29, 0.717) is 138 Å². The van der Waals surface area contributed by atoms with Gasteiger partial charge in [0.15, 0.2) is 5.78 Å². The van der Waals surface area contributed by atoms with Crippen molar-refractivity contribution in [2.75, 3.05) is 139 Å². The van der Waals surface area contributed by atoms with Crippen LogP contribution < -0.4 is 10.6 Å². The monoisotopic (exact) mass is 696 g/mol. The molecular formula is C34H68N2O12. The van der Waals surface area contributed by atoms with E-state index in [4.69, 9.17) is 47.4 Å². The molecule has 0 bridgehead atoms. The van der Waals surface area contributed by atoms with E-state index in [-0.39, 0.29) is 29.7 Å². The summed E-state index contributed by atoms with van der Waals surface area (Å²) in [6.07, 6.45) is 2.81. The Labute approximate surface area is 289 Å². The van der Waals surface area contributed by atoms with Gasteiger partial charge in [-0.3, -0.25) is 9.59 Å². The van der Waals surface area contributed by atoms with Crippen molar-refractivity contribution in [3.8, 4) is 0 Å². The Morgan fingerprint density at radius 2 is 0.854 bits per heavy atom. The molecule has 0 radical (unpaired) electrons. The number of ether oxygens (including phenoxy) is 10. The molecule has 0 heterocycles. The Bertz CT molecular complexity index is 703. The van der Waals surface area contributed by atoms with Gasteiger partial charge in [-0.25, -0.2) is 0 Å². The lowest BCUT2D eigenvalue weighted by molar-refractivity contribution is -0.124. The van der Waals surface area contributed by atoms with Crippen LogP contribution in [-0.2, 0) is 57.0 Å². The van der Waals surface area contributed by atoms with Gasteiger partial charge in [-0.2, -0.15) is 0 Å². The highest BCUT2D eigenvalue weighted by atomic mass is 16.6. The first-order valence-corrected chi connectivity index (χ1v) is 17.6. The highest BCUT2D eigenvalue weighted by Gasteiger charge is 2.21. The second kappa shape index (κ2) is 37.0. The normalized spacial score (nSPS) is 12.3. The Kier molecular flexibility index (Phi) is 36.0. The van der Waals surface area contributed by atoms with Crippen molar-refractivity contribution < 1.29 is 57.0 Å². The predicted octanol–water partition coefficient (Wildman–Crippen LogP) is 2.05. The first kappa shape index (κ1) is 46.7. The van der Waals surface area contributed by atoms with Crippen LogP contribution in [-0.4, -0.2) is 163 Å². The van der Waals surface area contributed by atoms with Crippen molar-refractivity contribution in [2.24, 2.45) is 5.92 Å². The molecule has 0 aliphatic heterocycles. The average Bonchev–Trinajstić information content (AvgIpc) is 3.06. The average molecular weight is 697 g/mol. The smallest absolute Gasteiger partial charge is 0.222 e. The van der Waals surface area contributed by atoms with Crippen LogP contribution in [0.15, 0.2) is 0 Å². The van der Waals surface area contributed by atoms with Crippen LogP contribution in [0, 0.1) is 5.92 Å². The van der Waals surface area contributed by atoms with Gasteiger partial charge in [0.1, 0.15) is 0 Å². The maximum atomic E-state index is 12.4. The number of Topliss-reactive ketones (excluding diaryl/α,β-unsaturated/α-hetero) is 1. The van der Waals surface area contributed by atoms with E-state index in [1.807, 2.05) is 27.7 Å². The number of hydrogen-bond donors (Lipinski definition) is 2. The minimum atomic E-state index is -0.122. The van der Waals surface area contributed by atoms with Crippen LogP contribution in [0.25, 0.3) is 0 Å². The molecule has 0 rings (SSSR count). The number of rotatable bonds is 39. The Morgan fingerprint density at radius 3 is 1.19 bits per heavy atom. The Balaban J connectivity index is 3.29. The molecule has 14 nitrogen and oxygen atoms in total. The first-order valence-electron chi connectivity index (χ1n) is 17.6. The van der Waals surface area contributed by atoms with Crippen molar-refractivity contribution in [1.29, 1.82) is 0 Å². The molecule has 0 aliphatic rings. The SMILES string of the molecule is COCCOCCOCCOCCOCCOCCOCCOCCOCCOCCC(=O)NCCCC[C@@H](NC(C)C)C(=O)C(C)C. The van der Waals surface area contributed by atoms with Crippen LogP contribution in [0.4, 0.5) is 0 Å². The largest absolute Gasteiger partial charge is 0.382 e. The number of carbonyl (C=O) groups excluding carboxylic acids is 2. The molecule has 0 aromatic carbocycles. The summed E-state index contributed by atoms with van der Waals surface area (Å²) < 4.78 is 53.9. The van der Waals surface area contributed by atoms with Crippen LogP contribution >= 0.6 is 0 Å². The summed E-state index contributed by atoms with van der Waals surface area (Å²) in [6.45, 7) is 18.0. The molecule has 0 fully saturated rings. The summed E-state index contributed by atoms with van der Waals surface area (Å²) in [7, 11) is 1.64. The van der Waals surface area contributed by atoms with E-state index >= 15 is 0 Å². The Morgan fingerprint density at radius 1 is 0.500 bits per heavy atom. The first-order chi connectivity index (χ1) is 23.4. The second-order valence-electron chi connectivity index (χ2n) is 11.5. The van der Waals surface area contributed by atoms with Crippen LogP contribution in [0.3, 0.4) is 0 Å². The number of carbonyl (C=O) groups is 2. The van der Waals surface area contributed by atoms with Crippen molar-refractivity contribution in [3.63, 3.8) is 0 Å². The summed E-state index contributed by atoms with van der Waals surface area (Å²) in [6, 6.07) is 0.138. The van der Waals surface area contributed by atoms with E-state index in [1.165, 1.54) is 0 Å². The number of ketones is 1. The lowest BCUT2D eigenvalue weighted by atomic mass is 9.96. The molecule has 0 unspecified atom stereocenters.